The monoisotopic (exact) mass is 209 g/mol. The van der Waals surface area contributed by atoms with E-state index in [1.54, 1.807) is 18.2 Å². The van der Waals surface area contributed by atoms with Gasteiger partial charge in [-0.05, 0) is 19.1 Å². The zero-order valence-electron chi connectivity index (χ0n) is 8.72. The third-order valence-electron chi connectivity index (χ3n) is 2.12. The zero-order valence-corrected chi connectivity index (χ0v) is 8.72. The van der Waals surface area contributed by atoms with Gasteiger partial charge in [-0.25, -0.2) is 0 Å². The molecule has 0 aliphatic carbocycles. The van der Waals surface area contributed by atoms with E-state index in [0.717, 1.165) is 12.2 Å². The normalized spacial score (nSPS) is 9.67. The van der Waals surface area contributed by atoms with E-state index in [9.17, 15) is 9.90 Å². The van der Waals surface area contributed by atoms with Crippen LogP contribution in [0.1, 0.15) is 6.92 Å². The molecule has 4 heteroatoms. The first-order chi connectivity index (χ1) is 7.27. The molecule has 0 aliphatic rings. The lowest BCUT2D eigenvalue weighted by atomic mass is 10.2. The summed E-state index contributed by atoms with van der Waals surface area (Å²) in [5.74, 6) is 0.238. The number of phenolic OH excluding ortho intramolecular Hbond substituents is 1. The number of anilines is 1. The lowest BCUT2D eigenvalue weighted by molar-refractivity contribution is -0.128. The molecule has 15 heavy (non-hydrogen) atoms. The fourth-order valence-corrected chi connectivity index (χ4v) is 1.37. The van der Waals surface area contributed by atoms with E-state index < -0.39 is 0 Å². The number of hydrogen-bond donors (Lipinski definition) is 1. The summed E-state index contributed by atoms with van der Waals surface area (Å²) in [5.41, 5.74) is 0.923. The highest BCUT2D eigenvalue weighted by Gasteiger charge is 2.04. The van der Waals surface area contributed by atoms with Crippen LogP contribution in [-0.4, -0.2) is 31.3 Å². The number of carbonyl (C=O) groups excluding carboxylic acids is 1. The summed E-state index contributed by atoms with van der Waals surface area (Å²) in [4.78, 5) is 12.0. The van der Waals surface area contributed by atoms with Gasteiger partial charge >= 0.3 is 0 Å². The van der Waals surface area contributed by atoms with E-state index in [1.165, 1.54) is 0 Å². The molecule has 1 aromatic carbocycles. The average Bonchev–Trinajstić information content (AvgIpc) is 2.24. The Morgan fingerprint density at radius 2 is 2.33 bits per heavy atom. The Morgan fingerprint density at radius 3 is 2.93 bits per heavy atom. The van der Waals surface area contributed by atoms with Crippen LogP contribution in [0.25, 0.3) is 0 Å². The van der Waals surface area contributed by atoms with E-state index in [0.29, 0.717) is 19.6 Å². The molecule has 0 amide bonds. The first-order valence-electron chi connectivity index (χ1n) is 4.87. The van der Waals surface area contributed by atoms with Crippen molar-refractivity contribution >= 4 is 12.2 Å². The molecule has 0 bridgehead atoms. The van der Waals surface area contributed by atoms with Crippen molar-refractivity contribution in [3.63, 3.8) is 0 Å². The van der Waals surface area contributed by atoms with Gasteiger partial charge in [0.1, 0.15) is 12.4 Å². The Hall–Kier alpha value is -1.71. The van der Waals surface area contributed by atoms with E-state index in [-0.39, 0.29) is 5.75 Å². The van der Waals surface area contributed by atoms with E-state index in [2.05, 4.69) is 4.74 Å². The first-order valence-corrected chi connectivity index (χ1v) is 4.87. The van der Waals surface area contributed by atoms with E-state index >= 15 is 0 Å². The molecule has 0 saturated heterocycles. The predicted molar refractivity (Wildman–Crippen MR) is 58.0 cm³/mol. The van der Waals surface area contributed by atoms with Gasteiger partial charge in [0.05, 0.1) is 6.54 Å². The fraction of sp³-hybridized carbons (Fsp3) is 0.364. The van der Waals surface area contributed by atoms with Crippen molar-refractivity contribution in [2.45, 2.75) is 6.92 Å². The summed E-state index contributed by atoms with van der Waals surface area (Å²) in [5, 5.41) is 9.31. The minimum absolute atomic E-state index is 0.238. The minimum atomic E-state index is 0.238. The molecule has 82 valence electrons. The largest absolute Gasteiger partial charge is 0.508 e. The second-order valence-electron chi connectivity index (χ2n) is 3.07. The van der Waals surface area contributed by atoms with Crippen LogP contribution in [0.5, 0.6) is 5.75 Å². The highest BCUT2D eigenvalue weighted by atomic mass is 16.5. The minimum Gasteiger partial charge on any atom is -0.508 e. The number of hydrogen-bond acceptors (Lipinski definition) is 4. The molecule has 0 fully saturated rings. The summed E-state index contributed by atoms with van der Waals surface area (Å²) in [6, 6.07) is 7.00. The first kappa shape index (κ1) is 11.4. The molecule has 1 N–H and O–H groups in total. The smallest absolute Gasteiger partial charge is 0.293 e. The van der Waals surface area contributed by atoms with Crippen LogP contribution in [0, 0.1) is 0 Å². The summed E-state index contributed by atoms with van der Waals surface area (Å²) in [6.45, 7) is 4.22. The predicted octanol–water partition coefficient (Wildman–Crippen LogP) is 1.39. The van der Waals surface area contributed by atoms with Gasteiger partial charge in [-0.2, -0.15) is 0 Å². The van der Waals surface area contributed by atoms with Gasteiger partial charge in [0.2, 0.25) is 0 Å². The molecule has 0 aromatic heterocycles. The van der Waals surface area contributed by atoms with Gasteiger partial charge < -0.3 is 14.7 Å². The number of benzene rings is 1. The Balaban J connectivity index is 2.61. The maximum atomic E-state index is 9.98. The maximum Gasteiger partial charge on any atom is 0.293 e. The number of ether oxygens (including phenoxy) is 1. The maximum absolute atomic E-state index is 9.98. The van der Waals surface area contributed by atoms with Crippen molar-refractivity contribution in [1.82, 2.24) is 0 Å². The molecule has 0 heterocycles. The fourth-order valence-electron chi connectivity index (χ4n) is 1.37. The quantitative estimate of drug-likeness (QED) is 0.568. The zero-order chi connectivity index (χ0) is 11.1. The number of nitrogens with zero attached hydrogens (tertiary/aromatic N) is 1. The Kier molecular flexibility index (Phi) is 4.47. The van der Waals surface area contributed by atoms with Gasteiger partial charge in [0.15, 0.2) is 0 Å². The molecule has 0 unspecified atom stereocenters. The highest BCUT2D eigenvalue weighted by Crippen LogP contribution is 2.19. The molecule has 1 aromatic rings. The molecule has 1 rings (SSSR count). The number of aromatic hydroxyl groups is 1. The van der Waals surface area contributed by atoms with Crippen LogP contribution in [0.3, 0.4) is 0 Å². The number of likely N-dealkylation sites (N-methyl/N-ethyl adjacent to an activating group) is 1. The Bertz CT molecular complexity index is 314. The van der Waals surface area contributed by atoms with Crippen molar-refractivity contribution in [1.29, 1.82) is 0 Å². The molecule has 0 radical (unpaired) electrons. The standard InChI is InChI=1S/C11H15NO3/c1-2-12(6-7-15-9-13)10-4-3-5-11(14)8-10/h3-5,8-9,14H,2,6-7H2,1H3. The Morgan fingerprint density at radius 1 is 1.53 bits per heavy atom. The van der Waals surface area contributed by atoms with Crippen LogP contribution in [-0.2, 0) is 9.53 Å². The SMILES string of the molecule is CCN(CCOC=O)c1cccc(O)c1. The van der Waals surface area contributed by atoms with Crippen molar-refractivity contribution in [2.75, 3.05) is 24.6 Å². The molecular formula is C11H15NO3. The summed E-state index contributed by atoms with van der Waals surface area (Å²) >= 11 is 0. The second-order valence-corrected chi connectivity index (χ2v) is 3.07. The molecule has 4 nitrogen and oxygen atoms in total. The lowest BCUT2D eigenvalue weighted by Gasteiger charge is -2.22. The Labute approximate surface area is 89.1 Å². The van der Waals surface area contributed by atoms with E-state index in [4.69, 9.17) is 0 Å². The number of carbonyl (C=O) groups is 1. The molecular weight excluding hydrogens is 194 g/mol. The van der Waals surface area contributed by atoms with Crippen LogP contribution < -0.4 is 4.90 Å². The third-order valence-corrected chi connectivity index (χ3v) is 2.12. The van der Waals surface area contributed by atoms with Crippen LogP contribution in [0.15, 0.2) is 24.3 Å². The van der Waals surface area contributed by atoms with Gasteiger partial charge in [-0.15, -0.1) is 0 Å². The van der Waals surface area contributed by atoms with Crippen LogP contribution >= 0.6 is 0 Å². The van der Waals surface area contributed by atoms with Crippen molar-refractivity contribution in [3.8, 4) is 5.75 Å². The molecule has 0 aliphatic heterocycles. The van der Waals surface area contributed by atoms with E-state index in [1.807, 2.05) is 17.9 Å². The van der Waals surface area contributed by atoms with Crippen LogP contribution in [0.4, 0.5) is 5.69 Å². The summed E-state index contributed by atoms with van der Waals surface area (Å²) < 4.78 is 4.63. The van der Waals surface area contributed by atoms with Crippen molar-refractivity contribution in [3.05, 3.63) is 24.3 Å². The van der Waals surface area contributed by atoms with Gasteiger partial charge in [-0.3, -0.25) is 4.79 Å². The summed E-state index contributed by atoms with van der Waals surface area (Å²) in [6.07, 6.45) is 0. The van der Waals surface area contributed by atoms with Crippen molar-refractivity contribution < 1.29 is 14.6 Å². The molecule has 0 spiro atoms. The lowest BCUT2D eigenvalue weighted by Crippen LogP contribution is -2.26. The second kappa shape index (κ2) is 5.90. The van der Waals surface area contributed by atoms with Gasteiger partial charge in [-0.1, -0.05) is 6.07 Å². The van der Waals surface area contributed by atoms with Crippen molar-refractivity contribution in [2.24, 2.45) is 0 Å². The highest BCUT2D eigenvalue weighted by molar-refractivity contribution is 5.50. The number of phenols is 1. The van der Waals surface area contributed by atoms with Crippen LogP contribution in [0.2, 0.25) is 0 Å². The summed E-state index contributed by atoms with van der Waals surface area (Å²) in [7, 11) is 0. The van der Waals surface area contributed by atoms with Gasteiger partial charge in [0.25, 0.3) is 6.47 Å². The average molecular weight is 209 g/mol. The third kappa shape index (κ3) is 3.50. The molecule has 0 atom stereocenters. The van der Waals surface area contributed by atoms with Gasteiger partial charge in [0, 0.05) is 18.3 Å². The molecule has 0 saturated carbocycles. The number of rotatable bonds is 6. The topological polar surface area (TPSA) is 49.8 Å².